The maximum Gasteiger partial charge on any atom is 0.329 e. The molecule has 0 aliphatic rings. The van der Waals surface area contributed by atoms with Crippen LogP contribution in [0.1, 0.15) is 26.3 Å². The molecule has 0 heterocycles. The molecular weight excluding hydrogens is 294 g/mol. The smallest absolute Gasteiger partial charge is 0.329 e. The molecule has 1 aromatic carbocycles. The average molecular weight is 314 g/mol. The van der Waals surface area contributed by atoms with Crippen LogP contribution in [-0.2, 0) is 9.59 Å². The fourth-order valence-corrected chi connectivity index (χ4v) is 2.05. The fraction of sp³-hybridized carbons (Fsp3) is 0.467. The van der Waals surface area contributed by atoms with Crippen molar-refractivity contribution in [2.45, 2.75) is 33.2 Å². The topological polar surface area (TPSA) is 66.8 Å². The molecule has 1 aromatic rings. The summed E-state index contributed by atoms with van der Waals surface area (Å²) in [6.45, 7) is 6.62. The maximum absolute atomic E-state index is 12.2. The van der Waals surface area contributed by atoms with Gasteiger partial charge < -0.3 is 14.7 Å². The van der Waals surface area contributed by atoms with Crippen LogP contribution in [0.25, 0.3) is 0 Å². The van der Waals surface area contributed by atoms with Crippen LogP contribution in [0.15, 0.2) is 18.2 Å². The number of carboxylic acids is 1. The number of amides is 1. The Morgan fingerprint density at radius 1 is 1.38 bits per heavy atom. The van der Waals surface area contributed by atoms with Crippen molar-refractivity contribution in [2.24, 2.45) is 0 Å². The van der Waals surface area contributed by atoms with E-state index in [2.05, 4.69) is 0 Å². The number of rotatable bonds is 6. The van der Waals surface area contributed by atoms with Crippen molar-refractivity contribution in [1.82, 2.24) is 4.90 Å². The lowest BCUT2D eigenvalue weighted by Gasteiger charge is -2.34. The second-order valence-corrected chi connectivity index (χ2v) is 5.61. The lowest BCUT2D eigenvalue weighted by molar-refractivity contribution is -0.157. The summed E-state index contributed by atoms with van der Waals surface area (Å²) in [6.07, 6.45) is 0. The van der Waals surface area contributed by atoms with Crippen LogP contribution >= 0.6 is 11.6 Å². The Labute approximate surface area is 129 Å². The summed E-state index contributed by atoms with van der Waals surface area (Å²) in [4.78, 5) is 24.7. The van der Waals surface area contributed by atoms with E-state index in [0.29, 0.717) is 17.3 Å². The summed E-state index contributed by atoms with van der Waals surface area (Å²) in [5.41, 5.74) is -0.426. The first-order valence-electron chi connectivity index (χ1n) is 6.63. The van der Waals surface area contributed by atoms with E-state index in [1.807, 2.05) is 6.92 Å². The van der Waals surface area contributed by atoms with E-state index in [0.717, 1.165) is 5.56 Å². The van der Waals surface area contributed by atoms with E-state index >= 15 is 0 Å². The molecule has 0 fully saturated rings. The van der Waals surface area contributed by atoms with Crippen molar-refractivity contribution >= 4 is 23.5 Å². The summed E-state index contributed by atoms with van der Waals surface area (Å²) in [7, 11) is 0. The largest absolute Gasteiger partial charge is 0.484 e. The van der Waals surface area contributed by atoms with Crippen LogP contribution in [-0.4, -0.2) is 40.6 Å². The Hall–Kier alpha value is -1.75. The third-order valence-electron chi connectivity index (χ3n) is 3.31. The first-order valence-corrected chi connectivity index (χ1v) is 7.00. The van der Waals surface area contributed by atoms with Crippen LogP contribution in [0, 0.1) is 6.92 Å². The van der Waals surface area contributed by atoms with E-state index < -0.39 is 11.5 Å². The van der Waals surface area contributed by atoms with Gasteiger partial charge in [-0.15, -0.1) is 0 Å². The number of aliphatic carboxylic acids is 1. The van der Waals surface area contributed by atoms with Gasteiger partial charge in [0.05, 0.1) is 0 Å². The highest BCUT2D eigenvalue weighted by Gasteiger charge is 2.36. The van der Waals surface area contributed by atoms with E-state index in [-0.39, 0.29) is 12.5 Å². The molecule has 0 atom stereocenters. The summed E-state index contributed by atoms with van der Waals surface area (Å²) in [5, 5.41) is 9.82. The number of carboxylic acid groups (broad SMARTS) is 1. The van der Waals surface area contributed by atoms with Gasteiger partial charge in [0, 0.05) is 11.6 Å². The molecule has 0 unspecified atom stereocenters. The highest BCUT2D eigenvalue weighted by molar-refractivity contribution is 6.31. The molecule has 1 amide bonds. The number of carbonyl (C=O) groups is 2. The van der Waals surface area contributed by atoms with Crippen molar-refractivity contribution in [3.8, 4) is 5.75 Å². The van der Waals surface area contributed by atoms with Gasteiger partial charge in [-0.2, -0.15) is 0 Å². The molecule has 0 radical (unpaired) electrons. The Balaban J connectivity index is 2.75. The average Bonchev–Trinajstić information content (AvgIpc) is 2.40. The molecule has 5 nitrogen and oxygen atoms in total. The number of benzene rings is 1. The van der Waals surface area contributed by atoms with Gasteiger partial charge in [-0.3, -0.25) is 4.79 Å². The fourth-order valence-electron chi connectivity index (χ4n) is 1.93. The van der Waals surface area contributed by atoms with Crippen LogP contribution in [0.2, 0.25) is 5.02 Å². The third-order valence-corrected chi connectivity index (χ3v) is 3.73. The Morgan fingerprint density at radius 2 is 2.00 bits per heavy atom. The molecule has 0 saturated heterocycles. The number of halogens is 1. The van der Waals surface area contributed by atoms with Gasteiger partial charge in [-0.25, -0.2) is 4.79 Å². The predicted octanol–water partition coefficient (Wildman–Crippen LogP) is 2.74. The third kappa shape index (κ3) is 4.11. The zero-order valence-corrected chi connectivity index (χ0v) is 13.4. The normalized spacial score (nSPS) is 11.1. The quantitative estimate of drug-likeness (QED) is 0.877. The molecule has 0 spiro atoms. The Kier molecular flexibility index (Phi) is 5.61. The molecule has 0 saturated carbocycles. The minimum absolute atomic E-state index is 0.217. The predicted molar refractivity (Wildman–Crippen MR) is 80.8 cm³/mol. The Morgan fingerprint density at radius 3 is 2.48 bits per heavy atom. The van der Waals surface area contributed by atoms with Crippen molar-refractivity contribution in [3.63, 3.8) is 0 Å². The van der Waals surface area contributed by atoms with E-state index in [1.54, 1.807) is 25.1 Å². The zero-order valence-electron chi connectivity index (χ0n) is 12.6. The SMILES string of the molecule is CCN(C(=O)COc1ccc(Cl)c(C)c1)C(C)(C)C(=O)O. The standard InChI is InChI=1S/C15H20ClNO4/c1-5-17(15(3,4)14(19)20)13(18)9-21-11-6-7-12(16)10(2)8-11/h6-8H,5,9H2,1-4H3,(H,19,20). The number of hydrogen-bond acceptors (Lipinski definition) is 3. The van der Waals surface area contributed by atoms with Crippen LogP contribution in [0.5, 0.6) is 5.75 Å². The van der Waals surface area contributed by atoms with Crippen molar-refractivity contribution in [1.29, 1.82) is 0 Å². The molecule has 1 rings (SSSR count). The molecule has 0 aromatic heterocycles. The summed E-state index contributed by atoms with van der Waals surface area (Å²) < 4.78 is 5.42. The van der Waals surface area contributed by atoms with Crippen molar-refractivity contribution < 1.29 is 19.4 Å². The number of hydrogen-bond donors (Lipinski definition) is 1. The van der Waals surface area contributed by atoms with Crippen molar-refractivity contribution in [2.75, 3.05) is 13.2 Å². The highest BCUT2D eigenvalue weighted by Crippen LogP contribution is 2.21. The second-order valence-electron chi connectivity index (χ2n) is 5.20. The molecule has 21 heavy (non-hydrogen) atoms. The summed E-state index contributed by atoms with van der Waals surface area (Å²) in [5.74, 6) is -0.910. The van der Waals surface area contributed by atoms with Crippen molar-refractivity contribution in [3.05, 3.63) is 28.8 Å². The zero-order chi connectivity index (χ0) is 16.2. The second kappa shape index (κ2) is 6.80. The number of aryl methyl sites for hydroxylation is 1. The van der Waals surface area contributed by atoms with Gasteiger partial charge in [-0.1, -0.05) is 11.6 Å². The van der Waals surface area contributed by atoms with Gasteiger partial charge >= 0.3 is 5.97 Å². The first-order chi connectivity index (χ1) is 9.70. The molecule has 0 aliphatic carbocycles. The van der Waals surface area contributed by atoms with Gasteiger partial charge in [-0.05, 0) is 51.5 Å². The summed E-state index contributed by atoms with van der Waals surface area (Å²) in [6, 6.07) is 5.09. The van der Waals surface area contributed by atoms with Crippen LogP contribution in [0.3, 0.4) is 0 Å². The molecule has 1 N–H and O–H groups in total. The van der Waals surface area contributed by atoms with Crippen LogP contribution in [0.4, 0.5) is 0 Å². The minimum atomic E-state index is -1.27. The number of likely N-dealkylation sites (N-methyl/N-ethyl adjacent to an activating group) is 1. The van der Waals surface area contributed by atoms with E-state index in [1.165, 1.54) is 18.7 Å². The molecular formula is C15H20ClNO4. The first kappa shape index (κ1) is 17.3. The lowest BCUT2D eigenvalue weighted by atomic mass is 10.0. The Bertz CT molecular complexity index is 542. The van der Waals surface area contributed by atoms with E-state index in [4.69, 9.17) is 16.3 Å². The molecule has 116 valence electrons. The maximum atomic E-state index is 12.2. The molecule has 6 heteroatoms. The monoisotopic (exact) mass is 313 g/mol. The lowest BCUT2D eigenvalue weighted by Crippen LogP contribution is -2.54. The number of nitrogens with zero attached hydrogens (tertiary/aromatic N) is 1. The minimum Gasteiger partial charge on any atom is -0.484 e. The number of carbonyl (C=O) groups excluding carboxylic acids is 1. The summed E-state index contributed by atoms with van der Waals surface area (Å²) >= 11 is 5.91. The highest BCUT2D eigenvalue weighted by atomic mass is 35.5. The van der Waals surface area contributed by atoms with Gasteiger partial charge in [0.25, 0.3) is 5.91 Å². The van der Waals surface area contributed by atoms with Gasteiger partial charge in [0.15, 0.2) is 6.61 Å². The van der Waals surface area contributed by atoms with Gasteiger partial charge in [0.1, 0.15) is 11.3 Å². The molecule has 0 bridgehead atoms. The van der Waals surface area contributed by atoms with E-state index in [9.17, 15) is 14.7 Å². The van der Waals surface area contributed by atoms with Crippen LogP contribution < -0.4 is 4.74 Å². The van der Waals surface area contributed by atoms with Gasteiger partial charge in [0.2, 0.25) is 0 Å². The molecule has 0 aliphatic heterocycles. The number of ether oxygens (including phenoxy) is 1.